The van der Waals surface area contributed by atoms with Crippen molar-refractivity contribution in [2.75, 3.05) is 10.6 Å². The van der Waals surface area contributed by atoms with Gasteiger partial charge in [-0.05, 0) is 43.2 Å². The smallest absolute Gasteiger partial charge is 0.229 e. The molecule has 0 amide bonds. The molecule has 0 saturated heterocycles. The molecule has 122 valence electrons. The van der Waals surface area contributed by atoms with Crippen LogP contribution in [0.1, 0.15) is 24.1 Å². The Balaban J connectivity index is 1.76. The van der Waals surface area contributed by atoms with E-state index in [0.29, 0.717) is 11.0 Å². The van der Waals surface area contributed by atoms with Gasteiger partial charge in [-0.1, -0.05) is 48.0 Å². The van der Waals surface area contributed by atoms with Crippen molar-refractivity contribution in [3.05, 3.63) is 76.9 Å². The number of hydrogen-bond donors (Lipinski definition) is 2. The van der Waals surface area contributed by atoms with E-state index in [1.807, 2.05) is 49.4 Å². The molecule has 0 aliphatic carbocycles. The highest BCUT2D eigenvalue weighted by Gasteiger charge is 2.08. The van der Waals surface area contributed by atoms with Crippen LogP contribution >= 0.6 is 11.6 Å². The van der Waals surface area contributed by atoms with Gasteiger partial charge in [-0.25, -0.2) is 4.98 Å². The predicted molar refractivity (Wildman–Crippen MR) is 100.0 cm³/mol. The first-order valence-corrected chi connectivity index (χ1v) is 8.18. The molecule has 24 heavy (non-hydrogen) atoms. The van der Waals surface area contributed by atoms with Gasteiger partial charge < -0.3 is 10.6 Å². The minimum absolute atomic E-state index is 0.154. The zero-order chi connectivity index (χ0) is 16.9. The SMILES string of the molecule is Cc1c(Cl)cccc1Nc1nccc(NC(C)c2ccccc2)n1. The molecular formula is C19H19ClN4. The molecule has 0 saturated carbocycles. The van der Waals surface area contributed by atoms with E-state index in [0.717, 1.165) is 17.1 Å². The molecule has 2 N–H and O–H groups in total. The van der Waals surface area contributed by atoms with Gasteiger partial charge in [0.2, 0.25) is 5.95 Å². The highest BCUT2D eigenvalue weighted by Crippen LogP contribution is 2.25. The van der Waals surface area contributed by atoms with E-state index in [4.69, 9.17) is 11.6 Å². The summed E-state index contributed by atoms with van der Waals surface area (Å²) in [6.45, 7) is 4.07. The third-order valence-electron chi connectivity index (χ3n) is 3.83. The Labute approximate surface area is 146 Å². The fourth-order valence-electron chi connectivity index (χ4n) is 2.41. The standard InChI is InChI=1S/C19H19ClN4/c1-13-16(20)9-6-10-17(13)23-19-21-12-11-18(24-19)22-14(2)15-7-4-3-5-8-15/h3-12,14H,1-2H3,(H2,21,22,23,24). The number of anilines is 3. The van der Waals surface area contributed by atoms with Crippen molar-refractivity contribution in [1.29, 1.82) is 0 Å². The molecule has 0 aliphatic rings. The Morgan fingerprint density at radius 2 is 1.79 bits per heavy atom. The van der Waals surface area contributed by atoms with Crippen LogP contribution in [-0.4, -0.2) is 9.97 Å². The minimum atomic E-state index is 0.154. The molecule has 1 aromatic heterocycles. The summed E-state index contributed by atoms with van der Waals surface area (Å²) >= 11 is 6.15. The fourth-order valence-corrected chi connectivity index (χ4v) is 2.58. The van der Waals surface area contributed by atoms with Gasteiger partial charge in [0.05, 0.1) is 0 Å². The first-order valence-electron chi connectivity index (χ1n) is 7.80. The van der Waals surface area contributed by atoms with E-state index < -0.39 is 0 Å². The summed E-state index contributed by atoms with van der Waals surface area (Å²) in [6, 6.07) is 18.0. The summed E-state index contributed by atoms with van der Waals surface area (Å²) in [5, 5.41) is 7.33. The van der Waals surface area contributed by atoms with Gasteiger partial charge in [0.1, 0.15) is 5.82 Å². The largest absolute Gasteiger partial charge is 0.363 e. The summed E-state index contributed by atoms with van der Waals surface area (Å²) < 4.78 is 0. The molecule has 5 heteroatoms. The van der Waals surface area contributed by atoms with Crippen molar-refractivity contribution >= 4 is 29.1 Å². The van der Waals surface area contributed by atoms with Gasteiger partial charge in [0, 0.05) is 22.9 Å². The van der Waals surface area contributed by atoms with Gasteiger partial charge in [0.25, 0.3) is 0 Å². The lowest BCUT2D eigenvalue weighted by Crippen LogP contribution is -2.09. The van der Waals surface area contributed by atoms with Crippen molar-refractivity contribution < 1.29 is 0 Å². The Morgan fingerprint density at radius 1 is 1.00 bits per heavy atom. The van der Waals surface area contributed by atoms with Crippen LogP contribution in [0.15, 0.2) is 60.8 Å². The van der Waals surface area contributed by atoms with Crippen LogP contribution in [0.4, 0.5) is 17.5 Å². The van der Waals surface area contributed by atoms with Crippen molar-refractivity contribution in [3.63, 3.8) is 0 Å². The molecule has 2 aromatic carbocycles. The molecule has 1 atom stereocenters. The molecule has 0 bridgehead atoms. The van der Waals surface area contributed by atoms with Gasteiger partial charge in [-0.2, -0.15) is 4.98 Å². The third-order valence-corrected chi connectivity index (χ3v) is 4.24. The summed E-state index contributed by atoms with van der Waals surface area (Å²) in [7, 11) is 0. The van der Waals surface area contributed by atoms with Crippen molar-refractivity contribution in [3.8, 4) is 0 Å². The second-order valence-electron chi connectivity index (χ2n) is 5.58. The monoisotopic (exact) mass is 338 g/mol. The van der Waals surface area contributed by atoms with Crippen LogP contribution in [0.5, 0.6) is 0 Å². The van der Waals surface area contributed by atoms with Crippen LogP contribution < -0.4 is 10.6 Å². The van der Waals surface area contributed by atoms with Crippen LogP contribution in [0.2, 0.25) is 5.02 Å². The molecule has 0 spiro atoms. The van der Waals surface area contributed by atoms with Gasteiger partial charge in [0.15, 0.2) is 0 Å². The zero-order valence-electron chi connectivity index (χ0n) is 13.6. The van der Waals surface area contributed by atoms with E-state index >= 15 is 0 Å². The maximum absolute atomic E-state index is 6.15. The molecule has 0 aliphatic heterocycles. The first-order chi connectivity index (χ1) is 11.6. The summed E-state index contributed by atoms with van der Waals surface area (Å²) in [5.41, 5.74) is 3.07. The van der Waals surface area contributed by atoms with Gasteiger partial charge >= 0.3 is 0 Å². The van der Waals surface area contributed by atoms with E-state index in [-0.39, 0.29) is 6.04 Å². The van der Waals surface area contributed by atoms with Gasteiger partial charge in [-0.3, -0.25) is 0 Å². The molecule has 1 heterocycles. The van der Waals surface area contributed by atoms with Crippen LogP contribution in [0, 0.1) is 6.92 Å². The molecule has 0 fully saturated rings. The molecule has 0 radical (unpaired) electrons. The quantitative estimate of drug-likeness (QED) is 0.658. The molecular weight excluding hydrogens is 320 g/mol. The number of rotatable bonds is 5. The molecule has 4 nitrogen and oxygen atoms in total. The normalized spacial score (nSPS) is 11.8. The average molecular weight is 339 g/mol. The summed E-state index contributed by atoms with van der Waals surface area (Å²) in [5.74, 6) is 1.30. The van der Waals surface area contributed by atoms with E-state index in [1.165, 1.54) is 5.56 Å². The second-order valence-corrected chi connectivity index (χ2v) is 5.99. The number of nitrogens with one attached hydrogen (secondary N) is 2. The molecule has 3 rings (SSSR count). The number of halogens is 1. The highest BCUT2D eigenvalue weighted by molar-refractivity contribution is 6.31. The Hall–Kier alpha value is -2.59. The number of benzene rings is 2. The topological polar surface area (TPSA) is 49.8 Å². The maximum atomic E-state index is 6.15. The fraction of sp³-hybridized carbons (Fsp3) is 0.158. The Kier molecular flexibility index (Phi) is 4.96. The van der Waals surface area contributed by atoms with E-state index in [2.05, 4.69) is 39.7 Å². The summed E-state index contributed by atoms with van der Waals surface area (Å²) in [6.07, 6.45) is 1.73. The Bertz CT molecular complexity index is 821. The average Bonchev–Trinajstić information content (AvgIpc) is 2.60. The van der Waals surface area contributed by atoms with Crippen LogP contribution in [0.25, 0.3) is 0 Å². The Morgan fingerprint density at radius 3 is 2.58 bits per heavy atom. The maximum Gasteiger partial charge on any atom is 0.229 e. The number of hydrogen-bond acceptors (Lipinski definition) is 4. The minimum Gasteiger partial charge on any atom is -0.363 e. The number of aromatic nitrogens is 2. The van der Waals surface area contributed by atoms with Crippen molar-refractivity contribution in [2.24, 2.45) is 0 Å². The molecule has 1 unspecified atom stereocenters. The van der Waals surface area contributed by atoms with Crippen molar-refractivity contribution in [1.82, 2.24) is 9.97 Å². The van der Waals surface area contributed by atoms with Crippen LogP contribution in [-0.2, 0) is 0 Å². The predicted octanol–water partition coefficient (Wildman–Crippen LogP) is 5.36. The van der Waals surface area contributed by atoms with E-state index in [9.17, 15) is 0 Å². The van der Waals surface area contributed by atoms with E-state index in [1.54, 1.807) is 6.20 Å². The lowest BCUT2D eigenvalue weighted by atomic mass is 10.1. The van der Waals surface area contributed by atoms with Gasteiger partial charge in [-0.15, -0.1) is 0 Å². The third kappa shape index (κ3) is 3.84. The second kappa shape index (κ2) is 7.32. The lowest BCUT2D eigenvalue weighted by molar-refractivity contribution is 0.873. The highest BCUT2D eigenvalue weighted by atomic mass is 35.5. The van der Waals surface area contributed by atoms with Crippen LogP contribution in [0.3, 0.4) is 0 Å². The van der Waals surface area contributed by atoms with Crippen molar-refractivity contribution in [2.45, 2.75) is 19.9 Å². The number of nitrogens with zero attached hydrogens (tertiary/aromatic N) is 2. The first kappa shape index (κ1) is 16.3. The molecule has 3 aromatic rings. The lowest BCUT2D eigenvalue weighted by Gasteiger charge is -2.15. The zero-order valence-corrected chi connectivity index (χ0v) is 14.4. The summed E-state index contributed by atoms with van der Waals surface area (Å²) in [4.78, 5) is 8.81.